The van der Waals surface area contributed by atoms with Gasteiger partial charge in [0.25, 0.3) is 5.91 Å². The van der Waals surface area contributed by atoms with Crippen molar-refractivity contribution in [3.05, 3.63) is 57.6 Å². The highest BCUT2D eigenvalue weighted by Gasteiger charge is 2.49. The minimum atomic E-state index is -4.54. The zero-order valence-electron chi connectivity index (χ0n) is 20.7. The molecule has 11 heteroatoms. The van der Waals surface area contributed by atoms with Gasteiger partial charge < -0.3 is 15.0 Å². The molecule has 0 radical (unpaired) electrons. The number of benzene rings is 1. The summed E-state index contributed by atoms with van der Waals surface area (Å²) >= 11 is 6.24. The van der Waals surface area contributed by atoms with E-state index in [0.29, 0.717) is 60.9 Å². The first-order chi connectivity index (χ1) is 18.0. The van der Waals surface area contributed by atoms with Crippen molar-refractivity contribution < 1.29 is 27.1 Å². The van der Waals surface area contributed by atoms with Gasteiger partial charge in [-0.15, -0.1) is 0 Å². The van der Waals surface area contributed by atoms with E-state index in [9.17, 15) is 18.0 Å². The third-order valence-corrected chi connectivity index (χ3v) is 8.21. The molecule has 2 aromatic rings. The quantitative estimate of drug-likeness (QED) is 0.516. The first kappa shape index (κ1) is 25.6. The van der Waals surface area contributed by atoms with E-state index in [1.807, 2.05) is 6.92 Å². The van der Waals surface area contributed by atoms with Crippen LogP contribution in [0.5, 0.6) is 0 Å². The number of anilines is 1. The number of ether oxygens (including phenoxy) is 1. The van der Waals surface area contributed by atoms with Crippen LogP contribution in [0.4, 0.5) is 23.2 Å². The van der Waals surface area contributed by atoms with Gasteiger partial charge in [0.15, 0.2) is 0 Å². The molecule has 1 aromatic heterocycles. The Balaban J connectivity index is 1.29. The highest BCUT2D eigenvalue weighted by molar-refractivity contribution is 6.30. The number of amidine groups is 1. The molecule has 202 valence electrons. The monoisotopic (exact) mass is 550 g/mol. The van der Waals surface area contributed by atoms with Gasteiger partial charge in [0.1, 0.15) is 22.9 Å². The standard InChI is InChI=1S/C27H27ClF4N4O2/c1-14-11-26(6-7-36(14)21-10-17(28)9-20(29)19(21)8-15-12-38-13-15)25(37)34-24(35-26)18-4-5-22(27(30,31)32)33-23(18)16-2-3-16/h4-5,9-10,14-16H,2-3,6-8,11-13H2,1H3,(H,34,35,37)/t14-,26+/m0/s1. The van der Waals surface area contributed by atoms with Crippen molar-refractivity contribution >= 4 is 29.0 Å². The van der Waals surface area contributed by atoms with Crippen LogP contribution >= 0.6 is 11.6 Å². The van der Waals surface area contributed by atoms with Crippen LogP contribution in [0, 0.1) is 11.7 Å². The summed E-state index contributed by atoms with van der Waals surface area (Å²) in [5, 5.41) is 3.14. The maximum absolute atomic E-state index is 15.0. The predicted octanol–water partition coefficient (Wildman–Crippen LogP) is 5.26. The average Bonchev–Trinajstić information content (AvgIpc) is 3.61. The van der Waals surface area contributed by atoms with Crippen LogP contribution in [0.2, 0.25) is 5.02 Å². The summed E-state index contributed by atoms with van der Waals surface area (Å²) in [5.74, 6) is -0.167. The molecule has 3 fully saturated rings. The summed E-state index contributed by atoms with van der Waals surface area (Å²) in [7, 11) is 0. The van der Waals surface area contributed by atoms with Gasteiger partial charge in [-0.3, -0.25) is 9.79 Å². The molecule has 1 aromatic carbocycles. The van der Waals surface area contributed by atoms with Crippen molar-refractivity contribution in [2.45, 2.75) is 62.7 Å². The molecule has 6 rings (SSSR count). The van der Waals surface area contributed by atoms with Gasteiger partial charge in [-0.25, -0.2) is 9.37 Å². The molecular formula is C27H27ClF4N4O2. The second-order valence-electron chi connectivity index (χ2n) is 10.8. The number of hydrogen-bond acceptors (Lipinski definition) is 5. The molecule has 2 saturated heterocycles. The Bertz CT molecular complexity index is 1320. The molecular weight excluding hydrogens is 524 g/mol. The fourth-order valence-corrected chi connectivity index (χ4v) is 5.98. The SMILES string of the molecule is C[C@H]1C[C@@]2(CCN1c1cc(Cl)cc(F)c1CC1COC1)N=C(c1ccc(C(F)(F)F)nc1C1CC1)NC2=O. The number of hydrogen-bond donors (Lipinski definition) is 1. The van der Waals surface area contributed by atoms with Crippen LogP contribution < -0.4 is 10.2 Å². The molecule has 2 atom stereocenters. The summed E-state index contributed by atoms with van der Waals surface area (Å²) in [6.45, 7) is 3.60. The Morgan fingerprint density at radius 2 is 2.00 bits per heavy atom. The number of aromatic nitrogens is 1. The summed E-state index contributed by atoms with van der Waals surface area (Å²) < 4.78 is 60.2. The zero-order valence-corrected chi connectivity index (χ0v) is 21.5. The van der Waals surface area contributed by atoms with Gasteiger partial charge in [0.05, 0.1) is 18.9 Å². The molecule has 1 aliphatic carbocycles. The highest BCUT2D eigenvalue weighted by Crippen LogP contribution is 2.44. The second-order valence-corrected chi connectivity index (χ2v) is 11.3. The lowest BCUT2D eigenvalue weighted by molar-refractivity contribution is -0.141. The number of halogens is 5. The molecule has 1 spiro atoms. The molecule has 4 aliphatic rings. The van der Waals surface area contributed by atoms with E-state index in [1.165, 1.54) is 12.1 Å². The van der Waals surface area contributed by atoms with Crippen LogP contribution in [0.25, 0.3) is 0 Å². The summed E-state index contributed by atoms with van der Waals surface area (Å²) in [6.07, 6.45) is -1.75. The zero-order chi connectivity index (χ0) is 26.8. The Hall–Kier alpha value is -2.72. The number of piperidine rings is 1. The molecule has 4 heterocycles. The number of nitrogens with one attached hydrogen (secondary N) is 1. The lowest BCUT2D eigenvalue weighted by Crippen LogP contribution is -2.53. The normalized spacial score (nSPS) is 25.9. The van der Waals surface area contributed by atoms with E-state index < -0.39 is 17.4 Å². The van der Waals surface area contributed by atoms with Crippen molar-refractivity contribution in [3.8, 4) is 0 Å². The molecule has 1 N–H and O–H groups in total. The molecule has 1 amide bonds. The van der Waals surface area contributed by atoms with Crippen LogP contribution in [0.3, 0.4) is 0 Å². The van der Waals surface area contributed by atoms with Crippen LogP contribution in [0.1, 0.15) is 61.0 Å². The second kappa shape index (κ2) is 9.19. The number of amides is 1. The number of rotatable bonds is 5. The topological polar surface area (TPSA) is 66.8 Å². The summed E-state index contributed by atoms with van der Waals surface area (Å²) in [6, 6.07) is 5.24. The molecule has 0 bridgehead atoms. The van der Waals surface area contributed by atoms with Gasteiger partial charge in [0, 0.05) is 52.7 Å². The minimum absolute atomic E-state index is 0.0681. The smallest absolute Gasteiger partial charge is 0.381 e. The maximum Gasteiger partial charge on any atom is 0.433 e. The third-order valence-electron chi connectivity index (χ3n) is 7.99. The van der Waals surface area contributed by atoms with E-state index in [2.05, 4.69) is 15.2 Å². The summed E-state index contributed by atoms with van der Waals surface area (Å²) in [4.78, 5) is 24.1. The Kier molecular flexibility index (Phi) is 6.18. The molecule has 6 nitrogen and oxygen atoms in total. The van der Waals surface area contributed by atoms with Gasteiger partial charge >= 0.3 is 6.18 Å². The van der Waals surface area contributed by atoms with E-state index in [-0.39, 0.29) is 35.4 Å². The van der Waals surface area contributed by atoms with E-state index in [0.717, 1.165) is 24.6 Å². The maximum atomic E-state index is 15.0. The lowest BCUT2D eigenvalue weighted by atomic mass is 9.83. The van der Waals surface area contributed by atoms with Crippen molar-refractivity contribution in [2.75, 3.05) is 24.7 Å². The average molecular weight is 551 g/mol. The van der Waals surface area contributed by atoms with Gasteiger partial charge in [-0.1, -0.05) is 11.6 Å². The largest absolute Gasteiger partial charge is 0.433 e. The fourth-order valence-electron chi connectivity index (χ4n) is 5.78. The van der Waals surface area contributed by atoms with Crippen LogP contribution in [-0.4, -0.2) is 48.1 Å². The summed E-state index contributed by atoms with van der Waals surface area (Å²) in [5.41, 5.74) is 0.101. The van der Waals surface area contributed by atoms with E-state index in [4.69, 9.17) is 21.3 Å². The lowest BCUT2D eigenvalue weighted by Gasteiger charge is -2.43. The molecule has 0 unspecified atom stereocenters. The van der Waals surface area contributed by atoms with E-state index >= 15 is 4.39 Å². The first-order valence-electron chi connectivity index (χ1n) is 12.9. The highest BCUT2D eigenvalue weighted by atomic mass is 35.5. The number of carbonyl (C=O) groups is 1. The minimum Gasteiger partial charge on any atom is -0.381 e. The van der Waals surface area contributed by atoms with Gasteiger partial charge in [-0.2, -0.15) is 13.2 Å². The fraction of sp³-hybridized carbons (Fsp3) is 0.519. The Labute approximate surface area is 222 Å². The number of nitrogens with zero attached hydrogens (tertiary/aromatic N) is 3. The van der Waals surface area contributed by atoms with Gasteiger partial charge in [0.2, 0.25) is 0 Å². The van der Waals surface area contributed by atoms with Crippen molar-refractivity contribution in [1.29, 1.82) is 0 Å². The molecule has 38 heavy (non-hydrogen) atoms. The van der Waals surface area contributed by atoms with Crippen molar-refractivity contribution in [1.82, 2.24) is 10.3 Å². The van der Waals surface area contributed by atoms with E-state index in [1.54, 1.807) is 6.07 Å². The Morgan fingerprint density at radius 1 is 1.24 bits per heavy atom. The Morgan fingerprint density at radius 3 is 2.63 bits per heavy atom. The molecule has 1 saturated carbocycles. The predicted molar refractivity (Wildman–Crippen MR) is 134 cm³/mol. The van der Waals surface area contributed by atoms with Crippen LogP contribution in [-0.2, 0) is 22.1 Å². The number of carbonyl (C=O) groups excluding carboxylic acids is 1. The third kappa shape index (κ3) is 4.55. The van der Waals surface area contributed by atoms with Crippen LogP contribution in [0.15, 0.2) is 29.3 Å². The van der Waals surface area contributed by atoms with Crippen molar-refractivity contribution in [3.63, 3.8) is 0 Å². The first-order valence-corrected chi connectivity index (χ1v) is 13.2. The number of pyridine rings is 1. The van der Waals surface area contributed by atoms with Gasteiger partial charge in [-0.05, 0) is 56.9 Å². The molecule has 3 aliphatic heterocycles. The number of aliphatic imine (C=N–C) groups is 1. The van der Waals surface area contributed by atoms with Crippen molar-refractivity contribution in [2.24, 2.45) is 10.9 Å². The number of alkyl halides is 3.